The summed E-state index contributed by atoms with van der Waals surface area (Å²) in [5.74, 6) is 1.35. The summed E-state index contributed by atoms with van der Waals surface area (Å²) in [4.78, 5) is 27.5. The maximum absolute atomic E-state index is 13.1. The van der Waals surface area contributed by atoms with E-state index in [-0.39, 0.29) is 11.8 Å². The third-order valence-corrected chi connectivity index (χ3v) is 5.20. The van der Waals surface area contributed by atoms with Crippen LogP contribution in [-0.4, -0.2) is 43.0 Å². The zero-order valence-corrected chi connectivity index (χ0v) is 19.0. The molecular formula is C25H34N2O4. The van der Waals surface area contributed by atoms with E-state index in [9.17, 15) is 9.59 Å². The number of benzene rings is 2. The fraction of sp³-hybridized carbons (Fsp3) is 0.440. The van der Waals surface area contributed by atoms with E-state index in [1.165, 1.54) is 0 Å². The number of amides is 2. The number of rotatable bonds is 12. The topological polar surface area (TPSA) is 67.9 Å². The Hall–Kier alpha value is -3.02. The average Bonchev–Trinajstić information content (AvgIpc) is 2.78. The molecule has 0 aliphatic heterocycles. The minimum absolute atomic E-state index is 0.0420. The fourth-order valence-electron chi connectivity index (χ4n) is 3.41. The highest BCUT2D eigenvalue weighted by Gasteiger charge is 2.28. The van der Waals surface area contributed by atoms with Gasteiger partial charge in [0, 0.05) is 19.5 Å². The summed E-state index contributed by atoms with van der Waals surface area (Å²) in [5, 5.41) is 2.86. The van der Waals surface area contributed by atoms with Crippen molar-refractivity contribution in [2.24, 2.45) is 0 Å². The van der Waals surface area contributed by atoms with E-state index in [0.29, 0.717) is 39.0 Å². The quantitative estimate of drug-likeness (QED) is 0.519. The predicted octanol–water partition coefficient (Wildman–Crippen LogP) is 4.11. The van der Waals surface area contributed by atoms with Gasteiger partial charge in [0.05, 0.1) is 13.7 Å². The summed E-state index contributed by atoms with van der Waals surface area (Å²) in [7, 11) is 1.62. The van der Waals surface area contributed by atoms with E-state index >= 15 is 0 Å². The zero-order valence-electron chi connectivity index (χ0n) is 19.0. The SMILES string of the molecule is CCNC(=O)C(CC)N(Cc1ccccc1C)C(=O)CCCOc1ccc(OC)cc1. The van der Waals surface area contributed by atoms with Crippen molar-refractivity contribution in [2.75, 3.05) is 20.3 Å². The van der Waals surface area contributed by atoms with Gasteiger partial charge in [-0.25, -0.2) is 0 Å². The molecule has 0 aliphatic rings. The average molecular weight is 427 g/mol. The highest BCUT2D eigenvalue weighted by atomic mass is 16.5. The molecular weight excluding hydrogens is 392 g/mol. The van der Waals surface area contributed by atoms with Crippen LogP contribution in [0.2, 0.25) is 0 Å². The molecule has 31 heavy (non-hydrogen) atoms. The van der Waals surface area contributed by atoms with Crippen LogP contribution in [-0.2, 0) is 16.1 Å². The van der Waals surface area contributed by atoms with Crippen LogP contribution in [0.5, 0.6) is 11.5 Å². The molecule has 2 aromatic rings. The fourth-order valence-corrected chi connectivity index (χ4v) is 3.41. The van der Waals surface area contributed by atoms with E-state index in [0.717, 1.165) is 22.6 Å². The second-order valence-electron chi connectivity index (χ2n) is 7.39. The molecule has 6 nitrogen and oxygen atoms in total. The summed E-state index contributed by atoms with van der Waals surface area (Å²) in [6.45, 7) is 7.22. The molecule has 0 spiro atoms. The smallest absolute Gasteiger partial charge is 0.242 e. The highest BCUT2D eigenvalue weighted by molar-refractivity contribution is 5.87. The first-order chi connectivity index (χ1) is 15.0. The number of nitrogens with zero attached hydrogens (tertiary/aromatic N) is 1. The zero-order chi connectivity index (χ0) is 22.6. The van der Waals surface area contributed by atoms with Gasteiger partial charge in [-0.3, -0.25) is 9.59 Å². The lowest BCUT2D eigenvalue weighted by Crippen LogP contribution is -2.49. The van der Waals surface area contributed by atoms with E-state index in [1.54, 1.807) is 12.0 Å². The Morgan fingerprint density at radius 2 is 1.71 bits per heavy atom. The third kappa shape index (κ3) is 7.31. The molecule has 0 radical (unpaired) electrons. The molecule has 0 saturated carbocycles. The summed E-state index contributed by atoms with van der Waals surface area (Å²) >= 11 is 0. The molecule has 1 N–H and O–H groups in total. The summed E-state index contributed by atoms with van der Waals surface area (Å²) < 4.78 is 10.9. The molecule has 168 valence electrons. The van der Waals surface area contributed by atoms with Crippen molar-refractivity contribution in [1.29, 1.82) is 0 Å². The number of aryl methyl sites for hydroxylation is 1. The van der Waals surface area contributed by atoms with Crippen molar-refractivity contribution in [2.45, 2.75) is 52.6 Å². The van der Waals surface area contributed by atoms with E-state index < -0.39 is 6.04 Å². The predicted molar refractivity (Wildman–Crippen MR) is 122 cm³/mol. The van der Waals surface area contributed by atoms with Crippen LogP contribution in [0, 0.1) is 6.92 Å². The van der Waals surface area contributed by atoms with Gasteiger partial charge in [-0.05, 0) is 62.1 Å². The first-order valence-electron chi connectivity index (χ1n) is 10.9. The Bertz CT molecular complexity index is 836. The number of ether oxygens (including phenoxy) is 2. The summed E-state index contributed by atoms with van der Waals surface area (Å²) in [6.07, 6.45) is 1.45. The van der Waals surface area contributed by atoms with Crippen LogP contribution >= 0.6 is 0 Å². The number of likely N-dealkylation sites (N-methyl/N-ethyl adjacent to an activating group) is 1. The molecule has 1 atom stereocenters. The van der Waals surface area contributed by atoms with Crippen LogP contribution in [0.4, 0.5) is 0 Å². The Morgan fingerprint density at radius 1 is 1.03 bits per heavy atom. The minimum Gasteiger partial charge on any atom is -0.497 e. The van der Waals surface area contributed by atoms with Crippen molar-refractivity contribution in [3.63, 3.8) is 0 Å². The highest BCUT2D eigenvalue weighted by Crippen LogP contribution is 2.19. The van der Waals surface area contributed by atoms with E-state index in [1.807, 2.05) is 69.3 Å². The lowest BCUT2D eigenvalue weighted by molar-refractivity contribution is -0.141. The van der Waals surface area contributed by atoms with Crippen molar-refractivity contribution < 1.29 is 19.1 Å². The van der Waals surface area contributed by atoms with Gasteiger partial charge in [0.1, 0.15) is 17.5 Å². The molecule has 0 bridgehead atoms. The van der Waals surface area contributed by atoms with Gasteiger partial charge in [0.15, 0.2) is 0 Å². The van der Waals surface area contributed by atoms with Gasteiger partial charge < -0.3 is 19.7 Å². The van der Waals surface area contributed by atoms with Gasteiger partial charge in [-0.15, -0.1) is 0 Å². The largest absolute Gasteiger partial charge is 0.497 e. The number of hydrogen-bond acceptors (Lipinski definition) is 4. The first kappa shape index (κ1) is 24.3. The third-order valence-electron chi connectivity index (χ3n) is 5.20. The lowest BCUT2D eigenvalue weighted by Gasteiger charge is -2.31. The lowest BCUT2D eigenvalue weighted by atomic mass is 10.1. The molecule has 0 aromatic heterocycles. The van der Waals surface area contributed by atoms with Crippen molar-refractivity contribution in [3.8, 4) is 11.5 Å². The van der Waals surface area contributed by atoms with Crippen LogP contribution < -0.4 is 14.8 Å². The van der Waals surface area contributed by atoms with Gasteiger partial charge in [-0.2, -0.15) is 0 Å². The van der Waals surface area contributed by atoms with Crippen molar-refractivity contribution in [1.82, 2.24) is 10.2 Å². The maximum atomic E-state index is 13.1. The molecule has 6 heteroatoms. The van der Waals surface area contributed by atoms with Crippen LogP contribution in [0.15, 0.2) is 48.5 Å². The number of methoxy groups -OCH3 is 1. The second-order valence-corrected chi connectivity index (χ2v) is 7.39. The van der Waals surface area contributed by atoms with Gasteiger partial charge in [-0.1, -0.05) is 31.2 Å². The number of hydrogen-bond donors (Lipinski definition) is 1. The minimum atomic E-state index is -0.491. The number of carbonyl (C=O) groups excluding carboxylic acids is 2. The van der Waals surface area contributed by atoms with Crippen molar-refractivity contribution in [3.05, 3.63) is 59.7 Å². The summed E-state index contributed by atoms with van der Waals surface area (Å²) in [6, 6.07) is 14.8. The Morgan fingerprint density at radius 3 is 2.32 bits per heavy atom. The van der Waals surface area contributed by atoms with Gasteiger partial charge in [0.2, 0.25) is 11.8 Å². The molecule has 0 saturated heterocycles. The van der Waals surface area contributed by atoms with Gasteiger partial charge in [0.25, 0.3) is 0 Å². The van der Waals surface area contributed by atoms with Crippen LogP contribution in [0.1, 0.15) is 44.2 Å². The molecule has 0 fully saturated rings. The summed E-state index contributed by atoms with van der Waals surface area (Å²) in [5.41, 5.74) is 2.15. The molecule has 2 rings (SSSR count). The van der Waals surface area contributed by atoms with Crippen LogP contribution in [0.25, 0.3) is 0 Å². The van der Waals surface area contributed by atoms with E-state index in [4.69, 9.17) is 9.47 Å². The Labute approximate surface area is 185 Å². The van der Waals surface area contributed by atoms with Crippen LogP contribution in [0.3, 0.4) is 0 Å². The molecule has 2 aromatic carbocycles. The number of carbonyl (C=O) groups is 2. The molecule has 0 heterocycles. The van der Waals surface area contributed by atoms with E-state index in [2.05, 4.69) is 5.32 Å². The second kappa shape index (κ2) is 12.6. The van der Waals surface area contributed by atoms with Gasteiger partial charge >= 0.3 is 0 Å². The molecule has 0 aliphatic carbocycles. The monoisotopic (exact) mass is 426 g/mol. The molecule has 1 unspecified atom stereocenters. The Balaban J connectivity index is 2.02. The first-order valence-corrected chi connectivity index (χ1v) is 10.9. The number of nitrogens with one attached hydrogen (secondary N) is 1. The Kier molecular flexibility index (Phi) is 9.88. The van der Waals surface area contributed by atoms with Crippen molar-refractivity contribution >= 4 is 11.8 Å². The standard InChI is InChI=1S/C25H34N2O4/c1-5-23(25(29)26-6-2)27(18-20-11-8-7-10-19(20)3)24(28)12-9-17-31-22-15-13-21(30-4)14-16-22/h7-8,10-11,13-16,23H,5-6,9,12,17-18H2,1-4H3,(H,26,29). The molecule has 2 amide bonds. The maximum Gasteiger partial charge on any atom is 0.242 e. The normalized spacial score (nSPS) is 11.5.